The molecule has 52 heavy (non-hydrogen) atoms. The van der Waals surface area contributed by atoms with Gasteiger partial charge in [0.15, 0.2) is 11.6 Å². The molecule has 8 aromatic rings. The highest BCUT2D eigenvalue weighted by Crippen LogP contribution is 2.50. The number of nitrogens with zero attached hydrogens (tertiary/aromatic N) is 3. The molecule has 246 valence electrons. The molecule has 0 N–H and O–H groups in total. The lowest BCUT2D eigenvalue weighted by atomic mass is 9.87. The summed E-state index contributed by atoms with van der Waals surface area (Å²) in [6.07, 6.45) is 11.7. The second kappa shape index (κ2) is 11.3. The fourth-order valence-corrected chi connectivity index (χ4v) is 8.71. The lowest BCUT2D eigenvalue weighted by molar-refractivity contribution is 0.651. The van der Waals surface area contributed by atoms with Gasteiger partial charge in [-0.15, -0.1) is 0 Å². The number of aromatic nitrogens is 3. The van der Waals surface area contributed by atoms with Crippen molar-refractivity contribution >= 4 is 56.0 Å². The number of benzene rings is 6. The molecular formula is C48H33N3O. The second-order valence-electron chi connectivity index (χ2n) is 14.3. The number of hydrogen-bond donors (Lipinski definition) is 0. The molecule has 0 spiro atoms. The molecule has 0 saturated carbocycles. The Bertz CT molecular complexity index is 2960. The van der Waals surface area contributed by atoms with Crippen molar-refractivity contribution in [2.24, 2.45) is 5.92 Å². The molecule has 0 radical (unpaired) electrons. The van der Waals surface area contributed by atoms with Crippen molar-refractivity contribution in [3.05, 3.63) is 161 Å². The van der Waals surface area contributed by atoms with Gasteiger partial charge in [-0.2, -0.15) is 0 Å². The molecule has 2 unspecified atom stereocenters. The molecule has 4 heteroatoms. The Balaban J connectivity index is 1.19. The van der Waals surface area contributed by atoms with E-state index in [1.165, 1.54) is 49.0 Å². The molecule has 3 aliphatic rings. The first-order valence-electron chi connectivity index (χ1n) is 18.2. The van der Waals surface area contributed by atoms with E-state index >= 15 is 0 Å². The Morgan fingerprint density at radius 3 is 2.06 bits per heavy atom. The van der Waals surface area contributed by atoms with Crippen molar-refractivity contribution in [1.29, 1.82) is 0 Å². The van der Waals surface area contributed by atoms with Crippen LogP contribution >= 0.6 is 0 Å². The Kier molecular flexibility index (Phi) is 6.38. The molecule has 0 saturated heterocycles. The van der Waals surface area contributed by atoms with Crippen LogP contribution in [-0.2, 0) is 0 Å². The van der Waals surface area contributed by atoms with Gasteiger partial charge in [0.1, 0.15) is 17.0 Å². The highest BCUT2D eigenvalue weighted by molar-refractivity contribution is 6.24. The minimum absolute atomic E-state index is 0.0115. The van der Waals surface area contributed by atoms with Crippen LogP contribution in [0.3, 0.4) is 0 Å². The van der Waals surface area contributed by atoms with Crippen LogP contribution in [0.15, 0.2) is 138 Å². The number of hydrogen-bond acceptors (Lipinski definition) is 4. The van der Waals surface area contributed by atoms with Crippen LogP contribution in [0.4, 0.5) is 0 Å². The molecule has 3 aliphatic carbocycles. The van der Waals surface area contributed by atoms with E-state index in [1.807, 2.05) is 30.3 Å². The van der Waals surface area contributed by atoms with Crippen molar-refractivity contribution in [2.45, 2.75) is 25.7 Å². The fraction of sp³-hybridized carbons (Fsp3) is 0.104. The third-order valence-electron chi connectivity index (χ3n) is 11.2. The smallest absolute Gasteiger partial charge is 0.164 e. The van der Waals surface area contributed by atoms with Gasteiger partial charge in [-0.1, -0.05) is 134 Å². The summed E-state index contributed by atoms with van der Waals surface area (Å²) >= 11 is 0. The molecule has 6 aromatic carbocycles. The SMILES string of the molecule is CC1C=c2ccccc2=CC1c1nc(-c2ccccc2)nc(-c2cc(-c3ccc4c5c(cccc35)C3=CCCC=C34)cc3oc4ccccc4c23)n1. The number of para-hydroxylation sites is 1. The Hall–Kier alpha value is -6.39. The van der Waals surface area contributed by atoms with E-state index in [1.54, 1.807) is 0 Å². The third kappa shape index (κ3) is 4.44. The predicted octanol–water partition coefficient (Wildman–Crippen LogP) is 10.5. The number of rotatable bonds is 4. The minimum atomic E-state index is -0.0115. The van der Waals surface area contributed by atoms with Crippen molar-refractivity contribution in [1.82, 2.24) is 15.0 Å². The van der Waals surface area contributed by atoms with E-state index in [0.717, 1.165) is 57.3 Å². The van der Waals surface area contributed by atoms with Gasteiger partial charge in [0.05, 0.1) is 0 Å². The van der Waals surface area contributed by atoms with Gasteiger partial charge in [0.2, 0.25) is 0 Å². The highest BCUT2D eigenvalue weighted by Gasteiger charge is 2.28. The summed E-state index contributed by atoms with van der Waals surface area (Å²) in [6.45, 7) is 2.25. The monoisotopic (exact) mass is 667 g/mol. The first kappa shape index (κ1) is 29.4. The van der Waals surface area contributed by atoms with Crippen LogP contribution < -0.4 is 10.4 Å². The van der Waals surface area contributed by atoms with Gasteiger partial charge in [-0.3, -0.25) is 0 Å². The van der Waals surface area contributed by atoms with Crippen LogP contribution in [0.1, 0.15) is 42.6 Å². The summed E-state index contributed by atoms with van der Waals surface area (Å²) in [7, 11) is 0. The Morgan fingerprint density at radius 2 is 1.21 bits per heavy atom. The van der Waals surface area contributed by atoms with E-state index < -0.39 is 0 Å². The zero-order valence-electron chi connectivity index (χ0n) is 28.7. The summed E-state index contributed by atoms with van der Waals surface area (Å²) in [6, 6.07) is 42.9. The van der Waals surface area contributed by atoms with Crippen LogP contribution in [0.2, 0.25) is 0 Å². The van der Waals surface area contributed by atoms with E-state index in [9.17, 15) is 0 Å². The van der Waals surface area contributed by atoms with Crippen molar-refractivity contribution in [3.8, 4) is 33.9 Å². The second-order valence-corrected chi connectivity index (χ2v) is 14.3. The standard InChI is InChI=1S/C48H33N3O/c1-28-24-30-14-5-6-15-31(30)25-40(28)47-49-46(29-12-3-2-4-13-29)50-48(51-47)41-26-32(27-43-45(41)39-18-9-10-21-42(39)52-43)33-22-23-38-35-17-8-7-16-34(35)37-20-11-19-36(33)44(37)38/h2-6,9-28,40H,7-8H2,1H3. The number of furan rings is 1. The van der Waals surface area contributed by atoms with Gasteiger partial charge in [-0.05, 0) is 91.6 Å². The van der Waals surface area contributed by atoms with E-state index in [2.05, 4.69) is 122 Å². The molecule has 2 atom stereocenters. The van der Waals surface area contributed by atoms with E-state index in [0.29, 0.717) is 11.6 Å². The lowest BCUT2D eigenvalue weighted by Crippen LogP contribution is -2.31. The first-order valence-corrected chi connectivity index (χ1v) is 18.2. The van der Waals surface area contributed by atoms with Gasteiger partial charge in [0, 0.05) is 27.8 Å². The average Bonchev–Trinajstić information content (AvgIpc) is 3.74. The van der Waals surface area contributed by atoms with Gasteiger partial charge < -0.3 is 4.42 Å². The normalized spacial score (nSPS) is 17.3. The largest absolute Gasteiger partial charge is 0.456 e. The highest BCUT2D eigenvalue weighted by atomic mass is 16.3. The molecule has 0 fully saturated rings. The number of fused-ring (bicyclic) bond motifs is 7. The Morgan fingerprint density at radius 1 is 0.519 bits per heavy atom. The molecule has 4 nitrogen and oxygen atoms in total. The molecular weight excluding hydrogens is 635 g/mol. The topological polar surface area (TPSA) is 51.8 Å². The first-order chi connectivity index (χ1) is 25.7. The van der Waals surface area contributed by atoms with Crippen LogP contribution in [-0.4, -0.2) is 15.0 Å². The van der Waals surface area contributed by atoms with E-state index in [4.69, 9.17) is 19.4 Å². The molecule has 0 bridgehead atoms. The zero-order valence-corrected chi connectivity index (χ0v) is 28.7. The maximum atomic E-state index is 6.64. The lowest BCUT2D eigenvalue weighted by Gasteiger charge is -2.21. The molecule has 11 rings (SSSR count). The fourth-order valence-electron chi connectivity index (χ4n) is 8.71. The van der Waals surface area contributed by atoms with Crippen LogP contribution in [0.25, 0.3) is 89.9 Å². The Labute approximate surface area is 300 Å². The quantitative estimate of drug-likeness (QED) is 0.187. The van der Waals surface area contributed by atoms with Gasteiger partial charge in [0.25, 0.3) is 0 Å². The summed E-state index contributed by atoms with van der Waals surface area (Å²) in [4.78, 5) is 15.8. The van der Waals surface area contributed by atoms with Gasteiger partial charge in [-0.25, -0.2) is 15.0 Å². The minimum Gasteiger partial charge on any atom is -0.456 e. The number of allylic oxidation sites excluding steroid dienone is 4. The van der Waals surface area contributed by atoms with Crippen molar-refractivity contribution in [3.63, 3.8) is 0 Å². The zero-order chi connectivity index (χ0) is 34.3. The maximum Gasteiger partial charge on any atom is 0.164 e. The molecule has 2 aromatic heterocycles. The van der Waals surface area contributed by atoms with Crippen molar-refractivity contribution in [2.75, 3.05) is 0 Å². The summed E-state index contributed by atoms with van der Waals surface area (Å²) in [5, 5.41) is 7.09. The molecule has 0 aliphatic heterocycles. The summed E-state index contributed by atoms with van der Waals surface area (Å²) in [5.74, 6) is 2.28. The molecule has 2 heterocycles. The van der Waals surface area contributed by atoms with Crippen molar-refractivity contribution < 1.29 is 4.42 Å². The predicted molar refractivity (Wildman–Crippen MR) is 213 cm³/mol. The summed E-state index contributed by atoms with van der Waals surface area (Å²) < 4.78 is 6.64. The van der Waals surface area contributed by atoms with Gasteiger partial charge >= 0.3 is 0 Å². The van der Waals surface area contributed by atoms with E-state index in [-0.39, 0.29) is 11.8 Å². The average molecular weight is 668 g/mol. The third-order valence-corrected chi connectivity index (χ3v) is 11.2. The van der Waals surface area contributed by atoms with Crippen LogP contribution in [0, 0.1) is 5.92 Å². The van der Waals surface area contributed by atoms with Crippen LogP contribution in [0.5, 0.6) is 0 Å². The summed E-state index contributed by atoms with van der Waals surface area (Å²) in [5.41, 5.74) is 11.2. The molecule has 0 amide bonds. The maximum absolute atomic E-state index is 6.64.